The van der Waals surface area contributed by atoms with Crippen molar-refractivity contribution in [1.29, 1.82) is 0 Å². The van der Waals surface area contributed by atoms with Crippen molar-refractivity contribution >= 4 is 5.78 Å². The molecule has 0 bridgehead atoms. The molecule has 0 aromatic carbocycles. The van der Waals surface area contributed by atoms with Crippen LogP contribution in [-0.4, -0.2) is 43.5 Å². The molecule has 1 rings (SSSR count). The largest absolute Gasteiger partial charge is 0.381 e. The summed E-state index contributed by atoms with van der Waals surface area (Å²) in [5, 5.41) is 0. The molecule has 0 spiro atoms. The molecule has 0 saturated carbocycles. The van der Waals surface area contributed by atoms with Gasteiger partial charge in [0.1, 0.15) is 0 Å². The van der Waals surface area contributed by atoms with Crippen LogP contribution in [0, 0.1) is 5.41 Å². The number of nitrogens with zero attached hydrogens (tertiary/aromatic N) is 1. The lowest BCUT2D eigenvalue weighted by molar-refractivity contribution is -0.128. The minimum atomic E-state index is -0.210. The first-order chi connectivity index (χ1) is 6.93. The zero-order chi connectivity index (χ0) is 11.5. The average molecular weight is 213 g/mol. The van der Waals surface area contributed by atoms with Crippen molar-refractivity contribution in [3.8, 4) is 0 Å². The van der Waals surface area contributed by atoms with Crippen LogP contribution in [0.3, 0.4) is 0 Å². The molecule has 1 aliphatic heterocycles. The van der Waals surface area contributed by atoms with Crippen LogP contribution in [0.1, 0.15) is 33.6 Å². The molecule has 0 aliphatic carbocycles. The quantitative estimate of drug-likeness (QED) is 0.715. The van der Waals surface area contributed by atoms with E-state index in [0.29, 0.717) is 18.4 Å². The summed E-state index contributed by atoms with van der Waals surface area (Å²) in [6.07, 6.45) is 2.49. The highest BCUT2D eigenvalue weighted by Gasteiger charge is 2.26. The van der Waals surface area contributed by atoms with Crippen molar-refractivity contribution in [2.24, 2.45) is 5.41 Å². The van der Waals surface area contributed by atoms with E-state index in [1.165, 1.54) is 0 Å². The van der Waals surface area contributed by atoms with Crippen LogP contribution >= 0.6 is 0 Å². The third-order valence-electron chi connectivity index (χ3n) is 3.07. The van der Waals surface area contributed by atoms with Crippen LogP contribution in [0.15, 0.2) is 0 Å². The summed E-state index contributed by atoms with van der Waals surface area (Å²) in [6, 6.07) is 0. The van der Waals surface area contributed by atoms with E-state index in [-0.39, 0.29) is 5.41 Å². The maximum absolute atomic E-state index is 11.8. The van der Waals surface area contributed by atoms with Crippen LogP contribution in [0.2, 0.25) is 0 Å². The lowest BCUT2D eigenvalue weighted by Gasteiger charge is -2.32. The molecule has 3 nitrogen and oxygen atoms in total. The molecule has 0 N–H and O–H groups in total. The van der Waals surface area contributed by atoms with Gasteiger partial charge in [0.25, 0.3) is 0 Å². The summed E-state index contributed by atoms with van der Waals surface area (Å²) in [6.45, 7) is 8.52. The Morgan fingerprint density at radius 2 is 1.87 bits per heavy atom. The van der Waals surface area contributed by atoms with E-state index in [0.717, 1.165) is 25.9 Å². The molecular weight excluding hydrogens is 190 g/mol. The van der Waals surface area contributed by atoms with E-state index >= 15 is 0 Å². The number of hydrogen-bond donors (Lipinski definition) is 0. The smallest absolute Gasteiger partial charge is 0.152 e. The third-order valence-corrected chi connectivity index (χ3v) is 3.07. The maximum atomic E-state index is 11.8. The summed E-state index contributed by atoms with van der Waals surface area (Å²) in [4.78, 5) is 14.1. The van der Waals surface area contributed by atoms with E-state index in [1.807, 2.05) is 20.8 Å². The first kappa shape index (κ1) is 12.7. The highest BCUT2D eigenvalue weighted by atomic mass is 16.5. The number of ether oxygens (including phenoxy) is 1. The minimum Gasteiger partial charge on any atom is -0.381 e. The van der Waals surface area contributed by atoms with Gasteiger partial charge in [0.2, 0.25) is 0 Å². The summed E-state index contributed by atoms with van der Waals surface area (Å²) < 4.78 is 5.30. The van der Waals surface area contributed by atoms with E-state index in [9.17, 15) is 4.79 Å². The van der Waals surface area contributed by atoms with Crippen molar-refractivity contribution in [2.75, 3.05) is 26.7 Å². The molecular formula is C12H23NO2. The molecule has 0 aromatic rings. The number of ketones is 1. The molecule has 1 fully saturated rings. The fourth-order valence-electron chi connectivity index (χ4n) is 1.74. The number of carbonyl (C=O) groups is 1. The van der Waals surface area contributed by atoms with Gasteiger partial charge in [0, 0.05) is 25.6 Å². The molecule has 0 radical (unpaired) electrons. The zero-order valence-electron chi connectivity index (χ0n) is 10.4. The Kier molecular flexibility index (Phi) is 4.29. The topological polar surface area (TPSA) is 29.5 Å². The molecule has 15 heavy (non-hydrogen) atoms. The van der Waals surface area contributed by atoms with Gasteiger partial charge in [-0.1, -0.05) is 20.8 Å². The summed E-state index contributed by atoms with van der Waals surface area (Å²) in [5.41, 5.74) is -0.210. The van der Waals surface area contributed by atoms with Gasteiger partial charge >= 0.3 is 0 Å². The monoisotopic (exact) mass is 213 g/mol. The maximum Gasteiger partial charge on any atom is 0.152 e. The van der Waals surface area contributed by atoms with Crippen LogP contribution < -0.4 is 0 Å². The van der Waals surface area contributed by atoms with Crippen molar-refractivity contribution in [2.45, 2.75) is 39.7 Å². The Hall–Kier alpha value is -0.410. The second kappa shape index (κ2) is 5.08. The SMILES string of the molecule is COC1CCN(CC(=O)C(C)(C)C)CC1. The Bertz CT molecular complexity index is 212. The molecule has 0 aromatic heterocycles. The summed E-state index contributed by atoms with van der Waals surface area (Å²) in [7, 11) is 1.76. The second-order valence-corrected chi connectivity index (χ2v) is 5.38. The molecule has 1 saturated heterocycles. The minimum absolute atomic E-state index is 0.210. The first-order valence-electron chi connectivity index (χ1n) is 5.72. The van der Waals surface area contributed by atoms with Crippen molar-refractivity contribution < 1.29 is 9.53 Å². The van der Waals surface area contributed by atoms with Gasteiger partial charge in [-0.25, -0.2) is 0 Å². The second-order valence-electron chi connectivity index (χ2n) is 5.38. The summed E-state index contributed by atoms with van der Waals surface area (Å²) in [5.74, 6) is 0.332. The number of Topliss-reactive ketones (excluding diaryl/α,β-unsaturated/α-hetero) is 1. The number of hydrogen-bond acceptors (Lipinski definition) is 3. The van der Waals surface area contributed by atoms with Gasteiger partial charge in [0.05, 0.1) is 12.6 Å². The number of likely N-dealkylation sites (tertiary alicyclic amines) is 1. The van der Waals surface area contributed by atoms with E-state index in [1.54, 1.807) is 7.11 Å². The highest BCUT2D eigenvalue weighted by Crippen LogP contribution is 2.18. The van der Waals surface area contributed by atoms with Crippen LogP contribution in [-0.2, 0) is 9.53 Å². The number of carbonyl (C=O) groups excluding carboxylic acids is 1. The fraction of sp³-hybridized carbons (Fsp3) is 0.917. The molecule has 3 heteroatoms. The number of methoxy groups -OCH3 is 1. The molecule has 1 heterocycles. The molecule has 1 aliphatic rings. The molecule has 88 valence electrons. The van der Waals surface area contributed by atoms with E-state index in [2.05, 4.69) is 4.90 Å². The van der Waals surface area contributed by atoms with Crippen LogP contribution in [0.25, 0.3) is 0 Å². The Balaban J connectivity index is 2.33. The number of piperidine rings is 1. The lowest BCUT2D eigenvalue weighted by atomic mass is 9.90. The Labute approximate surface area is 92.8 Å². The van der Waals surface area contributed by atoms with Crippen molar-refractivity contribution in [3.05, 3.63) is 0 Å². The molecule has 0 amide bonds. The highest BCUT2D eigenvalue weighted by molar-refractivity contribution is 5.85. The molecule has 0 unspecified atom stereocenters. The predicted octanol–water partition coefficient (Wildman–Crippen LogP) is 1.71. The standard InChI is InChI=1S/C12H23NO2/c1-12(2,3)11(14)9-13-7-5-10(15-4)6-8-13/h10H,5-9H2,1-4H3. The van der Waals surface area contributed by atoms with Crippen molar-refractivity contribution in [3.63, 3.8) is 0 Å². The summed E-state index contributed by atoms with van der Waals surface area (Å²) >= 11 is 0. The zero-order valence-corrected chi connectivity index (χ0v) is 10.4. The van der Waals surface area contributed by atoms with Gasteiger partial charge in [-0.2, -0.15) is 0 Å². The van der Waals surface area contributed by atoms with E-state index in [4.69, 9.17) is 4.74 Å². The van der Waals surface area contributed by atoms with Crippen LogP contribution in [0.4, 0.5) is 0 Å². The Morgan fingerprint density at radius 1 is 1.33 bits per heavy atom. The fourth-order valence-corrected chi connectivity index (χ4v) is 1.74. The normalized spacial score (nSPS) is 20.5. The van der Waals surface area contributed by atoms with Crippen LogP contribution in [0.5, 0.6) is 0 Å². The van der Waals surface area contributed by atoms with Gasteiger partial charge in [-0.15, -0.1) is 0 Å². The number of rotatable bonds is 3. The van der Waals surface area contributed by atoms with E-state index < -0.39 is 0 Å². The lowest BCUT2D eigenvalue weighted by Crippen LogP contribution is -2.42. The van der Waals surface area contributed by atoms with Gasteiger partial charge in [-0.3, -0.25) is 9.69 Å². The molecule has 0 atom stereocenters. The van der Waals surface area contributed by atoms with Crippen molar-refractivity contribution in [1.82, 2.24) is 4.90 Å². The first-order valence-corrected chi connectivity index (χ1v) is 5.72. The van der Waals surface area contributed by atoms with Gasteiger partial charge in [-0.05, 0) is 12.8 Å². The third kappa shape index (κ3) is 3.92. The average Bonchev–Trinajstić information content (AvgIpc) is 2.17. The van der Waals surface area contributed by atoms with Gasteiger partial charge < -0.3 is 4.74 Å². The predicted molar refractivity (Wildman–Crippen MR) is 60.9 cm³/mol. The Morgan fingerprint density at radius 3 is 2.27 bits per heavy atom. The van der Waals surface area contributed by atoms with Gasteiger partial charge in [0.15, 0.2) is 5.78 Å².